The molecule has 0 bridgehead atoms. The Hall–Kier alpha value is -1.78. The van der Waals surface area contributed by atoms with Crippen molar-refractivity contribution in [2.75, 3.05) is 16.9 Å². The van der Waals surface area contributed by atoms with Crippen molar-refractivity contribution in [2.45, 2.75) is 88.7 Å². The number of aromatic hydroxyl groups is 1. The van der Waals surface area contributed by atoms with Crippen LogP contribution < -0.4 is 10.6 Å². The smallest absolute Gasteiger partial charge is 0.116 e. The van der Waals surface area contributed by atoms with Gasteiger partial charge < -0.3 is 21.1 Å². The van der Waals surface area contributed by atoms with Crippen molar-refractivity contribution >= 4 is 58.2 Å². The van der Waals surface area contributed by atoms with E-state index in [-0.39, 0.29) is 60.7 Å². The summed E-state index contributed by atoms with van der Waals surface area (Å²) >= 11 is 6.12. The predicted molar refractivity (Wildman–Crippen MR) is 193 cm³/mol. The van der Waals surface area contributed by atoms with Crippen LogP contribution in [0.4, 0.5) is 17.1 Å². The van der Waals surface area contributed by atoms with Crippen molar-refractivity contribution < 1.29 is 49.2 Å². The minimum Gasteiger partial charge on any atom is -0.676 e. The second-order valence-electron chi connectivity index (χ2n) is 13.3. The van der Waals surface area contributed by atoms with Crippen LogP contribution in [0.2, 0.25) is 0 Å². The third-order valence-electron chi connectivity index (χ3n) is 7.53. The Morgan fingerprint density at radius 3 is 1.77 bits per heavy atom. The molecule has 0 spiro atoms. The molecule has 4 nitrogen and oxygen atoms in total. The number of hydrogen-bond acceptors (Lipinski definition) is 5. The SMILES string of the molecule is CC1=CC(C)(C)Nc2ccc(O)cc21.CC1=CC(C)(C)[N-]c2ccc(S)cc21.CSc1ccc2c(c1)C(C)=CC(C)(C)N2.[Ac]. The van der Waals surface area contributed by atoms with Crippen LogP contribution in [0.1, 0.15) is 79.0 Å². The van der Waals surface area contributed by atoms with Gasteiger partial charge in [0.05, 0.1) is 11.1 Å². The molecule has 3 heterocycles. The minimum absolute atomic E-state index is 0. The van der Waals surface area contributed by atoms with E-state index in [2.05, 4.69) is 140 Å². The van der Waals surface area contributed by atoms with Gasteiger partial charge in [-0.1, -0.05) is 55.3 Å². The topological polar surface area (TPSA) is 58.4 Å². The number of nitrogens with one attached hydrogen (secondary N) is 2. The normalized spacial score (nSPS) is 17.6. The molecule has 3 aromatic rings. The van der Waals surface area contributed by atoms with Crippen LogP contribution in [0.25, 0.3) is 22.0 Å². The van der Waals surface area contributed by atoms with Gasteiger partial charge in [-0.3, -0.25) is 0 Å². The van der Waals surface area contributed by atoms with Crippen LogP contribution in [0, 0.1) is 44.1 Å². The van der Waals surface area contributed by atoms with Crippen molar-refractivity contribution in [1.29, 1.82) is 0 Å². The molecule has 0 saturated heterocycles. The molecular formula is C37H46AcN3OS2-. The number of nitrogens with zero attached hydrogens (tertiary/aromatic N) is 1. The van der Waals surface area contributed by atoms with E-state index in [0.717, 1.165) is 21.8 Å². The van der Waals surface area contributed by atoms with Gasteiger partial charge in [-0.05, 0) is 114 Å². The van der Waals surface area contributed by atoms with Gasteiger partial charge in [0.15, 0.2) is 0 Å². The average Bonchev–Trinajstić information content (AvgIpc) is 2.89. The van der Waals surface area contributed by atoms with E-state index in [1.165, 1.54) is 38.4 Å². The Balaban J connectivity index is 0.000000178. The first-order chi connectivity index (χ1) is 20.0. The van der Waals surface area contributed by atoms with E-state index in [4.69, 9.17) is 0 Å². The number of rotatable bonds is 1. The zero-order valence-corrected chi connectivity index (χ0v) is 34.2. The Kier molecular flexibility index (Phi) is 11.9. The van der Waals surface area contributed by atoms with Gasteiger partial charge in [-0.2, -0.15) is 0 Å². The molecule has 0 saturated carbocycles. The Bertz CT molecular complexity index is 1540. The molecule has 0 fully saturated rings. The quantitative estimate of drug-likeness (QED) is 0.112. The van der Waals surface area contributed by atoms with Gasteiger partial charge in [0, 0.05) is 76.4 Å². The average molecular weight is 840 g/mol. The monoisotopic (exact) mass is 839 g/mol. The second-order valence-corrected chi connectivity index (χ2v) is 14.7. The van der Waals surface area contributed by atoms with Crippen molar-refractivity contribution in [3.05, 3.63) is 94.8 Å². The first-order valence-corrected chi connectivity index (χ1v) is 16.4. The van der Waals surface area contributed by atoms with E-state index in [0.29, 0.717) is 5.75 Å². The van der Waals surface area contributed by atoms with Crippen LogP contribution >= 0.6 is 24.4 Å². The van der Waals surface area contributed by atoms with Crippen LogP contribution in [-0.2, 0) is 0 Å². The number of benzene rings is 3. The van der Waals surface area contributed by atoms with Crippen LogP contribution in [0.15, 0.2) is 82.6 Å². The molecule has 0 amide bonds. The second kappa shape index (κ2) is 14.3. The summed E-state index contributed by atoms with van der Waals surface area (Å²) < 4.78 is 0. The molecule has 6 rings (SSSR count). The van der Waals surface area contributed by atoms with Gasteiger partial charge in [0.25, 0.3) is 0 Å². The molecule has 3 aliphatic heterocycles. The molecule has 3 aromatic carbocycles. The minimum atomic E-state index is -0.0742. The van der Waals surface area contributed by atoms with Crippen LogP contribution in [-0.4, -0.2) is 28.0 Å². The number of phenolic OH excluding ortho intramolecular Hbond substituents is 1. The molecule has 7 heteroatoms. The standard InChI is InChI=1S/C13H17NS.C12H15NO.C12H14NS.Ac/c1-9-8-13(2,3)14-12-6-5-10(15-4)7-11(9)12;2*1-8-7-12(2,3)13-11-5-4-9(14)6-10(8)11;/h5-8,14H,1-4H3;4-7,13-14H,1-3H3;4-7,14H,1-3H3;/q;;-1;. The maximum absolute atomic E-state index is 9.38. The number of anilines is 2. The van der Waals surface area contributed by atoms with E-state index < -0.39 is 0 Å². The van der Waals surface area contributed by atoms with Gasteiger partial charge >= 0.3 is 0 Å². The van der Waals surface area contributed by atoms with Crippen molar-refractivity contribution in [3.63, 3.8) is 0 Å². The first kappa shape index (κ1) is 36.7. The number of allylic oxidation sites excluding steroid dienone is 3. The fourth-order valence-corrected chi connectivity index (χ4v) is 6.59. The van der Waals surface area contributed by atoms with Gasteiger partial charge in [0.1, 0.15) is 5.75 Å². The van der Waals surface area contributed by atoms with Crippen molar-refractivity contribution in [1.82, 2.24) is 0 Å². The zero-order valence-electron chi connectivity index (χ0n) is 27.8. The van der Waals surface area contributed by atoms with Crippen LogP contribution in [0.3, 0.4) is 0 Å². The fourth-order valence-electron chi connectivity index (χ4n) is 5.95. The summed E-state index contributed by atoms with van der Waals surface area (Å²) in [7, 11) is 0. The molecule has 3 aliphatic rings. The molecule has 0 aliphatic carbocycles. The van der Waals surface area contributed by atoms with Gasteiger partial charge in [-0.15, -0.1) is 30.1 Å². The largest absolute Gasteiger partial charge is 0.676 e. The molecule has 1 radical (unpaired) electrons. The predicted octanol–water partition coefficient (Wildman–Crippen LogP) is 11.2. The van der Waals surface area contributed by atoms with E-state index in [9.17, 15) is 5.11 Å². The Morgan fingerprint density at radius 2 is 1.20 bits per heavy atom. The molecule has 0 unspecified atom stereocenters. The number of hydrogen-bond donors (Lipinski definition) is 4. The summed E-state index contributed by atoms with van der Waals surface area (Å²) in [5.74, 6) is 0.318. The Labute approximate surface area is 310 Å². The van der Waals surface area contributed by atoms with E-state index in [1.54, 1.807) is 23.9 Å². The summed E-state index contributed by atoms with van der Waals surface area (Å²) in [4.78, 5) is 2.31. The zero-order chi connectivity index (χ0) is 31.7. The molecular weight excluding hydrogens is 794 g/mol. The fraction of sp³-hybridized carbons (Fsp3) is 0.351. The third kappa shape index (κ3) is 9.38. The maximum atomic E-state index is 9.38. The summed E-state index contributed by atoms with van der Waals surface area (Å²) in [5, 5.41) is 21.0. The number of fused-ring (bicyclic) bond motifs is 3. The van der Waals surface area contributed by atoms with E-state index in [1.807, 2.05) is 18.2 Å². The summed E-state index contributed by atoms with van der Waals surface area (Å²) in [6.45, 7) is 19.3. The first-order valence-electron chi connectivity index (χ1n) is 14.7. The molecule has 0 atom stereocenters. The van der Waals surface area contributed by atoms with Crippen molar-refractivity contribution in [2.24, 2.45) is 0 Å². The number of phenols is 1. The number of thiol groups is 1. The van der Waals surface area contributed by atoms with Crippen molar-refractivity contribution in [3.8, 4) is 5.75 Å². The Morgan fingerprint density at radius 1 is 0.682 bits per heavy atom. The van der Waals surface area contributed by atoms with Crippen LogP contribution in [0.5, 0.6) is 5.75 Å². The number of thioether (sulfide) groups is 1. The summed E-state index contributed by atoms with van der Waals surface area (Å²) in [5.41, 5.74) is 10.9. The van der Waals surface area contributed by atoms with Gasteiger partial charge in [-0.25, -0.2) is 0 Å². The molecule has 3 N–H and O–H groups in total. The maximum Gasteiger partial charge on any atom is 0.116 e. The van der Waals surface area contributed by atoms with Gasteiger partial charge in [0.2, 0.25) is 0 Å². The third-order valence-corrected chi connectivity index (χ3v) is 8.53. The summed E-state index contributed by atoms with van der Waals surface area (Å²) in [6, 6.07) is 18.1. The summed E-state index contributed by atoms with van der Waals surface area (Å²) in [6.07, 6.45) is 8.78. The van der Waals surface area contributed by atoms with E-state index >= 15 is 0 Å². The molecule has 44 heavy (non-hydrogen) atoms. The molecule has 0 aromatic heterocycles. The molecule has 231 valence electrons.